The van der Waals surface area contributed by atoms with E-state index in [2.05, 4.69) is 6.42 Å². The van der Waals surface area contributed by atoms with Crippen molar-refractivity contribution in [2.45, 2.75) is 12.5 Å². The van der Waals surface area contributed by atoms with Crippen LogP contribution in [0.1, 0.15) is 6.92 Å². The Morgan fingerprint density at radius 1 is 2.00 bits per heavy atom. The van der Waals surface area contributed by atoms with E-state index in [4.69, 9.17) is 0 Å². The van der Waals surface area contributed by atoms with Crippen LogP contribution in [-0.4, -0.2) is 12.3 Å². The van der Waals surface area contributed by atoms with E-state index >= 15 is 0 Å². The van der Waals surface area contributed by atoms with Gasteiger partial charge in [-0.05, 0) is 6.92 Å². The van der Waals surface area contributed by atoms with Crippen LogP contribution < -0.4 is 0 Å². The molecule has 0 fully saturated rings. The monoisotopic (exact) mass is 101 g/mol. The zero-order valence-electron chi connectivity index (χ0n) is 4.07. The Kier molecular flexibility index (Phi) is 1.79. The molecule has 0 aliphatic rings. The van der Waals surface area contributed by atoms with Crippen molar-refractivity contribution in [1.82, 2.24) is 0 Å². The summed E-state index contributed by atoms with van der Waals surface area (Å²) in [6.45, 7) is 0.135. The molecule has 0 aliphatic heterocycles. The Morgan fingerprint density at radius 3 is 2.43 bits per heavy atom. The van der Waals surface area contributed by atoms with Crippen molar-refractivity contribution < 1.29 is 9.50 Å². The molecule has 7 heavy (non-hydrogen) atoms. The third kappa shape index (κ3) is 2.18. The van der Waals surface area contributed by atoms with Crippen molar-refractivity contribution in [3.05, 3.63) is 0 Å². The minimum atomic E-state index is -1.81. The molecule has 0 spiro atoms. The lowest BCUT2D eigenvalue weighted by Gasteiger charge is -2.03. The molecular formula is C5H6FO. The average molecular weight is 101 g/mol. The Hall–Kier alpha value is -0.550. The smallest absolute Gasteiger partial charge is 0.188 e. The largest absolute Gasteiger partial charge is 0.247 e. The maximum absolute atomic E-state index is 11.3. The Bertz CT molecular complexity index is 90.7. The van der Waals surface area contributed by atoms with Gasteiger partial charge in [0.1, 0.15) is 6.67 Å². The van der Waals surface area contributed by atoms with Gasteiger partial charge in [-0.15, -0.1) is 6.42 Å². The van der Waals surface area contributed by atoms with Crippen LogP contribution in [0.25, 0.3) is 0 Å². The van der Waals surface area contributed by atoms with Gasteiger partial charge in [0.15, 0.2) is 5.60 Å². The Balaban J connectivity index is 3.66. The minimum Gasteiger partial charge on any atom is -0.247 e. The van der Waals surface area contributed by atoms with Crippen molar-refractivity contribution in [2.75, 3.05) is 6.67 Å². The molecule has 0 aromatic heterocycles. The minimum absolute atomic E-state index is 0.997. The molecule has 0 amide bonds. The van der Waals surface area contributed by atoms with Gasteiger partial charge in [-0.1, -0.05) is 5.92 Å². The van der Waals surface area contributed by atoms with E-state index in [0.717, 1.165) is 6.92 Å². The van der Waals surface area contributed by atoms with E-state index in [1.807, 2.05) is 0 Å². The van der Waals surface area contributed by atoms with Crippen molar-refractivity contribution >= 4 is 0 Å². The van der Waals surface area contributed by atoms with E-state index < -0.39 is 12.3 Å². The summed E-state index contributed by atoms with van der Waals surface area (Å²) in [6, 6.07) is 0. The zero-order valence-corrected chi connectivity index (χ0v) is 4.07. The summed E-state index contributed by atoms with van der Waals surface area (Å²) in [5.41, 5.74) is -1.81. The molecule has 1 atom stereocenters. The molecular weight excluding hydrogens is 95.1 g/mol. The highest BCUT2D eigenvalue weighted by Crippen LogP contribution is 2.00. The number of terminal acetylenes is 1. The number of alkyl halides is 1. The summed E-state index contributed by atoms with van der Waals surface area (Å²) in [7, 11) is 0. The highest BCUT2D eigenvalue weighted by molar-refractivity contribution is 5.03. The lowest BCUT2D eigenvalue weighted by atomic mass is 10.1. The number of rotatable bonds is 1. The Morgan fingerprint density at radius 2 is 2.43 bits per heavy atom. The molecule has 1 nitrogen and oxygen atoms in total. The van der Waals surface area contributed by atoms with Gasteiger partial charge in [0.25, 0.3) is 0 Å². The fourth-order valence-corrected chi connectivity index (χ4v) is 0.0386. The second-order valence-corrected chi connectivity index (χ2v) is 1.51. The van der Waals surface area contributed by atoms with Crippen molar-refractivity contribution in [3.8, 4) is 12.3 Å². The van der Waals surface area contributed by atoms with Gasteiger partial charge in [0, 0.05) is 0 Å². The van der Waals surface area contributed by atoms with Gasteiger partial charge in [-0.3, -0.25) is 0 Å². The van der Waals surface area contributed by atoms with E-state index in [-0.39, 0.29) is 0 Å². The van der Waals surface area contributed by atoms with Crippen LogP contribution in [0.3, 0.4) is 0 Å². The van der Waals surface area contributed by atoms with E-state index in [1.165, 1.54) is 0 Å². The van der Waals surface area contributed by atoms with Crippen LogP contribution >= 0.6 is 0 Å². The first-order valence-corrected chi connectivity index (χ1v) is 1.86. The molecule has 0 bridgehead atoms. The standard InChI is InChI=1S/C5H6FO/c1-3-5(2,7)4-6/h1H,4H2,2H3. The van der Waals surface area contributed by atoms with E-state index in [9.17, 15) is 9.50 Å². The van der Waals surface area contributed by atoms with Crippen molar-refractivity contribution in [3.63, 3.8) is 0 Å². The van der Waals surface area contributed by atoms with E-state index in [0.29, 0.717) is 0 Å². The topological polar surface area (TPSA) is 19.9 Å². The lowest BCUT2D eigenvalue weighted by molar-refractivity contribution is 0.0189. The third-order valence-corrected chi connectivity index (χ3v) is 0.560. The van der Waals surface area contributed by atoms with Crippen LogP contribution in [0.2, 0.25) is 0 Å². The highest BCUT2D eigenvalue weighted by atomic mass is 19.1. The molecule has 0 N–H and O–H groups in total. The van der Waals surface area contributed by atoms with Gasteiger partial charge < -0.3 is 0 Å². The molecule has 0 aromatic rings. The fraction of sp³-hybridized carbons (Fsp3) is 0.600. The van der Waals surface area contributed by atoms with E-state index in [1.54, 1.807) is 5.92 Å². The van der Waals surface area contributed by atoms with Gasteiger partial charge in [-0.25, -0.2) is 9.50 Å². The SMILES string of the molecule is C#CC(C)([O])CF. The molecule has 2 heteroatoms. The van der Waals surface area contributed by atoms with Crippen LogP contribution in [0.5, 0.6) is 0 Å². The predicted molar refractivity (Wildman–Crippen MR) is 23.9 cm³/mol. The molecule has 0 aromatic carbocycles. The van der Waals surface area contributed by atoms with Gasteiger partial charge in [0.05, 0.1) is 0 Å². The predicted octanol–water partition coefficient (Wildman–Crippen LogP) is 0.778. The Labute approximate surface area is 42.2 Å². The van der Waals surface area contributed by atoms with Gasteiger partial charge in [0.2, 0.25) is 0 Å². The summed E-state index contributed by atoms with van der Waals surface area (Å²) >= 11 is 0. The summed E-state index contributed by atoms with van der Waals surface area (Å²) in [5.74, 6) is 1.76. The van der Waals surface area contributed by atoms with Crippen LogP contribution in [0, 0.1) is 12.3 Å². The first kappa shape index (κ1) is 6.45. The summed E-state index contributed by atoms with van der Waals surface area (Å²) in [4.78, 5) is 0. The molecule has 0 aliphatic carbocycles. The molecule has 0 heterocycles. The summed E-state index contributed by atoms with van der Waals surface area (Å²) in [6.07, 6.45) is 4.61. The van der Waals surface area contributed by atoms with Crippen molar-refractivity contribution in [1.29, 1.82) is 0 Å². The van der Waals surface area contributed by atoms with Gasteiger partial charge in [-0.2, -0.15) is 0 Å². The quantitative estimate of drug-likeness (QED) is 0.435. The second-order valence-electron chi connectivity index (χ2n) is 1.51. The van der Waals surface area contributed by atoms with Crippen LogP contribution in [0.15, 0.2) is 0 Å². The number of hydrogen-bond acceptors (Lipinski definition) is 0. The normalized spacial score (nSPS) is 17.4. The molecule has 0 saturated heterocycles. The first-order valence-electron chi connectivity index (χ1n) is 1.86. The maximum atomic E-state index is 11.3. The van der Waals surface area contributed by atoms with Crippen LogP contribution in [0.4, 0.5) is 4.39 Å². The van der Waals surface area contributed by atoms with Gasteiger partial charge >= 0.3 is 0 Å². The summed E-state index contributed by atoms with van der Waals surface area (Å²) in [5, 5.41) is 10.2. The zero-order chi connectivity index (χ0) is 5.91. The first-order chi connectivity index (χ1) is 3.12. The fourth-order valence-electron chi connectivity index (χ4n) is 0.0386. The molecule has 0 rings (SSSR count). The average Bonchev–Trinajstić information content (AvgIpc) is 1.68. The highest BCUT2D eigenvalue weighted by Gasteiger charge is 2.17. The molecule has 1 unspecified atom stereocenters. The third-order valence-electron chi connectivity index (χ3n) is 0.560. The number of halogens is 1. The molecule has 0 saturated carbocycles. The van der Waals surface area contributed by atoms with Crippen LogP contribution in [-0.2, 0) is 5.11 Å². The van der Waals surface area contributed by atoms with Crippen molar-refractivity contribution in [2.24, 2.45) is 0 Å². The second kappa shape index (κ2) is 1.94. The lowest BCUT2D eigenvalue weighted by Crippen LogP contribution is -2.21. The molecule has 39 valence electrons. The summed E-state index contributed by atoms with van der Waals surface area (Å²) < 4.78 is 11.3. The maximum Gasteiger partial charge on any atom is 0.188 e. The molecule has 1 radical (unpaired) electrons. The number of hydrogen-bond donors (Lipinski definition) is 0.